The fraction of sp³-hybridized carbons (Fsp3) is 0.588. The Morgan fingerprint density at radius 1 is 1.12 bits per heavy atom. The summed E-state index contributed by atoms with van der Waals surface area (Å²) in [6, 6.07) is 3.39. The number of carbonyl (C=O) groups is 2. The van der Waals surface area contributed by atoms with Crippen LogP contribution in [-0.4, -0.2) is 47.9 Å². The number of amides is 2. The molecule has 2 saturated heterocycles. The molecule has 2 amide bonds. The van der Waals surface area contributed by atoms with Crippen LogP contribution in [0.5, 0.6) is 0 Å². The van der Waals surface area contributed by atoms with Gasteiger partial charge in [-0.1, -0.05) is 11.6 Å². The molecule has 25 heavy (non-hydrogen) atoms. The molecule has 1 aromatic rings. The van der Waals surface area contributed by atoms with Gasteiger partial charge in [-0.25, -0.2) is 4.98 Å². The summed E-state index contributed by atoms with van der Waals surface area (Å²) in [6.45, 7) is 3.16. The zero-order chi connectivity index (χ0) is 16.9. The Balaban J connectivity index is 0.00000225. The van der Waals surface area contributed by atoms with E-state index in [4.69, 9.17) is 11.6 Å². The van der Waals surface area contributed by atoms with E-state index in [9.17, 15) is 9.59 Å². The molecule has 138 valence electrons. The number of anilines is 1. The Labute approximate surface area is 159 Å². The quantitative estimate of drug-likeness (QED) is 0.835. The second-order valence-corrected chi connectivity index (χ2v) is 6.91. The standard InChI is InChI=1S/C17H23ClN4O2.ClH/c18-14-1-2-15(20-11-14)21-16(23)12-5-9-22(10-6-12)17(24)13-3-7-19-8-4-13;/h1-2,11-13,19H,3-10H2,(H,20,21,23);1H. The first-order chi connectivity index (χ1) is 11.6. The Bertz CT molecular complexity index is 583. The summed E-state index contributed by atoms with van der Waals surface area (Å²) in [5.74, 6) is 0.820. The van der Waals surface area contributed by atoms with Gasteiger partial charge in [-0.3, -0.25) is 9.59 Å². The van der Waals surface area contributed by atoms with Crippen LogP contribution in [0, 0.1) is 11.8 Å². The molecule has 8 heteroatoms. The van der Waals surface area contributed by atoms with Crippen molar-refractivity contribution in [1.29, 1.82) is 0 Å². The van der Waals surface area contributed by atoms with Gasteiger partial charge in [0.25, 0.3) is 0 Å². The van der Waals surface area contributed by atoms with Crippen molar-refractivity contribution in [3.05, 3.63) is 23.4 Å². The van der Waals surface area contributed by atoms with Crippen molar-refractivity contribution in [2.45, 2.75) is 25.7 Å². The molecule has 2 N–H and O–H groups in total. The second kappa shape index (κ2) is 9.36. The highest BCUT2D eigenvalue weighted by molar-refractivity contribution is 6.30. The molecule has 0 atom stereocenters. The molecule has 0 saturated carbocycles. The Morgan fingerprint density at radius 3 is 2.40 bits per heavy atom. The summed E-state index contributed by atoms with van der Waals surface area (Å²) < 4.78 is 0. The maximum Gasteiger partial charge on any atom is 0.228 e. The van der Waals surface area contributed by atoms with Crippen LogP contribution >= 0.6 is 24.0 Å². The zero-order valence-electron chi connectivity index (χ0n) is 14.0. The molecule has 2 aliphatic heterocycles. The van der Waals surface area contributed by atoms with Crippen molar-refractivity contribution in [2.24, 2.45) is 11.8 Å². The lowest BCUT2D eigenvalue weighted by Crippen LogP contribution is -2.46. The molecule has 3 heterocycles. The lowest BCUT2D eigenvalue weighted by molar-refractivity contribution is -0.139. The van der Waals surface area contributed by atoms with E-state index in [-0.39, 0.29) is 36.1 Å². The maximum absolute atomic E-state index is 12.5. The first-order valence-corrected chi connectivity index (χ1v) is 8.93. The Hall–Kier alpha value is -1.37. The van der Waals surface area contributed by atoms with Crippen LogP contribution in [0.4, 0.5) is 5.82 Å². The number of carbonyl (C=O) groups excluding carboxylic acids is 2. The lowest BCUT2D eigenvalue weighted by atomic mass is 9.92. The van der Waals surface area contributed by atoms with E-state index in [1.807, 2.05) is 4.90 Å². The van der Waals surface area contributed by atoms with Gasteiger partial charge in [-0.15, -0.1) is 12.4 Å². The molecule has 0 aliphatic carbocycles. The number of piperidine rings is 2. The van der Waals surface area contributed by atoms with Gasteiger partial charge in [0.05, 0.1) is 5.02 Å². The SMILES string of the molecule is Cl.O=C(Nc1ccc(Cl)cn1)C1CCN(C(=O)C2CCNCC2)CC1. The Kier molecular flexibility index (Phi) is 7.47. The van der Waals surface area contributed by atoms with Crippen LogP contribution < -0.4 is 10.6 Å². The van der Waals surface area contributed by atoms with Gasteiger partial charge in [0, 0.05) is 31.1 Å². The number of nitrogens with zero attached hydrogens (tertiary/aromatic N) is 2. The van der Waals surface area contributed by atoms with Crippen LogP contribution in [0.1, 0.15) is 25.7 Å². The third kappa shape index (κ3) is 5.30. The number of halogens is 2. The fourth-order valence-corrected chi connectivity index (χ4v) is 3.48. The van der Waals surface area contributed by atoms with E-state index in [2.05, 4.69) is 15.6 Å². The van der Waals surface area contributed by atoms with Gasteiger partial charge in [-0.2, -0.15) is 0 Å². The highest BCUT2D eigenvalue weighted by Gasteiger charge is 2.31. The molecule has 2 fully saturated rings. The van der Waals surface area contributed by atoms with Crippen LogP contribution in [0.3, 0.4) is 0 Å². The maximum atomic E-state index is 12.5. The zero-order valence-corrected chi connectivity index (χ0v) is 15.6. The molecule has 1 aromatic heterocycles. The molecule has 3 rings (SSSR count). The van der Waals surface area contributed by atoms with E-state index >= 15 is 0 Å². The minimum absolute atomic E-state index is 0. The van der Waals surface area contributed by atoms with Gasteiger partial charge < -0.3 is 15.5 Å². The van der Waals surface area contributed by atoms with E-state index in [1.54, 1.807) is 12.1 Å². The number of rotatable bonds is 3. The van der Waals surface area contributed by atoms with Gasteiger partial charge in [-0.05, 0) is 50.9 Å². The molecule has 6 nitrogen and oxygen atoms in total. The fourth-order valence-electron chi connectivity index (χ4n) is 3.37. The number of likely N-dealkylation sites (tertiary alicyclic amines) is 1. The minimum atomic E-state index is -0.0699. The number of hydrogen-bond donors (Lipinski definition) is 2. The summed E-state index contributed by atoms with van der Waals surface area (Å²) in [5.41, 5.74) is 0. The van der Waals surface area contributed by atoms with Crippen LogP contribution in [0.2, 0.25) is 5.02 Å². The Morgan fingerprint density at radius 2 is 1.80 bits per heavy atom. The van der Waals surface area contributed by atoms with E-state index in [0.29, 0.717) is 36.8 Å². The predicted octanol–water partition coefficient (Wildman–Crippen LogP) is 2.33. The molecule has 0 radical (unpaired) electrons. The third-order valence-corrected chi connectivity index (χ3v) is 5.07. The number of hydrogen-bond acceptors (Lipinski definition) is 4. The summed E-state index contributed by atoms with van der Waals surface area (Å²) >= 11 is 5.79. The van der Waals surface area contributed by atoms with Crippen molar-refractivity contribution in [3.63, 3.8) is 0 Å². The smallest absolute Gasteiger partial charge is 0.228 e. The molecule has 0 spiro atoms. The predicted molar refractivity (Wildman–Crippen MR) is 100 cm³/mol. The lowest BCUT2D eigenvalue weighted by Gasteiger charge is -2.34. The number of nitrogens with one attached hydrogen (secondary N) is 2. The normalized spacial score (nSPS) is 19.2. The van der Waals surface area contributed by atoms with E-state index in [0.717, 1.165) is 25.9 Å². The molecule has 0 bridgehead atoms. The molecule has 0 unspecified atom stereocenters. The molecule has 0 aromatic carbocycles. The molecule has 2 aliphatic rings. The van der Waals surface area contributed by atoms with Gasteiger partial charge in [0.2, 0.25) is 11.8 Å². The molecular formula is C17H24Cl2N4O2. The van der Waals surface area contributed by atoms with Gasteiger partial charge in [0.1, 0.15) is 5.82 Å². The first kappa shape index (κ1) is 19.9. The average Bonchev–Trinajstić information content (AvgIpc) is 2.64. The van der Waals surface area contributed by atoms with Crippen molar-refractivity contribution >= 4 is 41.6 Å². The van der Waals surface area contributed by atoms with E-state index in [1.165, 1.54) is 6.20 Å². The van der Waals surface area contributed by atoms with Crippen molar-refractivity contribution in [2.75, 3.05) is 31.5 Å². The topological polar surface area (TPSA) is 74.3 Å². The number of aromatic nitrogens is 1. The highest BCUT2D eigenvalue weighted by atomic mass is 35.5. The summed E-state index contributed by atoms with van der Waals surface area (Å²) in [4.78, 5) is 30.9. The monoisotopic (exact) mass is 386 g/mol. The minimum Gasteiger partial charge on any atom is -0.342 e. The average molecular weight is 387 g/mol. The van der Waals surface area contributed by atoms with Crippen LogP contribution in [0.25, 0.3) is 0 Å². The van der Waals surface area contributed by atoms with Crippen molar-refractivity contribution in [1.82, 2.24) is 15.2 Å². The van der Waals surface area contributed by atoms with E-state index < -0.39 is 0 Å². The van der Waals surface area contributed by atoms with Gasteiger partial charge in [0.15, 0.2) is 0 Å². The van der Waals surface area contributed by atoms with Crippen molar-refractivity contribution in [3.8, 4) is 0 Å². The summed E-state index contributed by atoms with van der Waals surface area (Å²) in [7, 11) is 0. The van der Waals surface area contributed by atoms with Gasteiger partial charge >= 0.3 is 0 Å². The van der Waals surface area contributed by atoms with Crippen LogP contribution in [0.15, 0.2) is 18.3 Å². The summed E-state index contributed by atoms with van der Waals surface area (Å²) in [5, 5.41) is 6.65. The largest absolute Gasteiger partial charge is 0.342 e. The first-order valence-electron chi connectivity index (χ1n) is 8.55. The third-order valence-electron chi connectivity index (χ3n) is 4.84. The second-order valence-electron chi connectivity index (χ2n) is 6.47. The molecular weight excluding hydrogens is 363 g/mol. The highest BCUT2D eigenvalue weighted by Crippen LogP contribution is 2.23. The van der Waals surface area contributed by atoms with Crippen LogP contribution in [-0.2, 0) is 9.59 Å². The number of pyridine rings is 1. The summed E-state index contributed by atoms with van der Waals surface area (Å²) in [6.07, 6.45) is 4.76. The van der Waals surface area contributed by atoms with Crippen molar-refractivity contribution < 1.29 is 9.59 Å².